The van der Waals surface area contributed by atoms with Gasteiger partial charge in [0.15, 0.2) is 0 Å². The largest absolute Gasteiger partial charge is 0.295 e. The first-order valence-electron chi connectivity index (χ1n) is 24.0. The summed E-state index contributed by atoms with van der Waals surface area (Å²) in [5.74, 6) is 0.911. The molecule has 0 aliphatic heterocycles. The smallest absolute Gasteiger partial charge is 0.138 e. The molecule has 0 saturated carbocycles. The van der Waals surface area contributed by atoms with E-state index in [1.807, 2.05) is 67.6 Å². The lowest BCUT2D eigenvalue weighted by Gasteiger charge is -2.28. The molecule has 1 aliphatic rings. The van der Waals surface area contributed by atoms with E-state index in [1.54, 1.807) is 0 Å². The summed E-state index contributed by atoms with van der Waals surface area (Å²) in [6, 6.07) is 66.3. The summed E-state index contributed by atoms with van der Waals surface area (Å²) in [7, 11) is 0. The quantitative estimate of drug-likeness (QED) is 0.141. The third-order valence-electron chi connectivity index (χ3n) is 12.0. The number of nitrogens with zero attached hydrogens (tertiary/aromatic N) is 2. The molecule has 0 radical (unpaired) electrons. The SMILES string of the molecule is C/C=C\C(=C/C)N(c1cccc(-c2ccc3c(c2)sc2ccccc23)n1)c1cc(C)c(C2=C(C)CCC=C2)cc1C.CC.Cc1cccc(-c2cccc(-c3ccccc3)c2)c1.c1ccccc1. The maximum atomic E-state index is 5.26. The van der Waals surface area contributed by atoms with Gasteiger partial charge in [0.2, 0.25) is 0 Å². The van der Waals surface area contributed by atoms with Crippen LogP contribution in [0.25, 0.3) is 59.3 Å². The van der Waals surface area contributed by atoms with Crippen LogP contribution in [0.15, 0.2) is 230 Å². The Morgan fingerprint density at radius 2 is 1.16 bits per heavy atom. The second-order valence-corrected chi connectivity index (χ2v) is 17.9. The molecule has 2 nitrogen and oxygen atoms in total. The zero-order valence-corrected chi connectivity index (χ0v) is 41.8. The first-order valence-corrected chi connectivity index (χ1v) is 24.8. The Kier molecular flexibility index (Phi) is 17.1. The summed E-state index contributed by atoms with van der Waals surface area (Å²) >= 11 is 1.84. The van der Waals surface area contributed by atoms with Crippen molar-refractivity contribution in [1.82, 2.24) is 4.98 Å². The number of aryl methyl sites for hydroxylation is 3. The fourth-order valence-corrected chi connectivity index (χ4v) is 9.75. The van der Waals surface area contributed by atoms with Gasteiger partial charge in [0.25, 0.3) is 0 Å². The van der Waals surface area contributed by atoms with Crippen LogP contribution in [-0.2, 0) is 0 Å². The highest BCUT2D eigenvalue weighted by Gasteiger charge is 2.20. The van der Waals surface area contributed by atoms with Gasteiger partial charge in [0.05, 0.1) is 11.4 Å². The van der Waals surface area contributed by atoms with Gasteiger partial charge in [-0.2, -0.15) is 0 Å². The molecule has 7 aromatic carbocycles. The van der Waals surface area contributed by atoms with Crippen molar-refractivity contribution in [1.29, 1.82) is 0 Å². The van der Waals surface area contributed by atoms with Crippen LogP contribution in [0.4, 0.5) is 11.5 Å². The van der Waals surface area contributed by atoms with Crippen LogP contribution in [0.2, 0.25) is 0 Å². The number of fused-ring (bicyclic) bond motifs is 3. The molecule has 2 heterocycles. The Hall–Kier alpha value is -7.33. The number of hydrogen-bond acceptors (Lipinski definition) is 3. The van der Waals surface area contributed by atoms with E-state index in [-0.39, 0.29) is 0 Å². The Bertz CT molecular complexity index is 3170. The number of aromatic nitrogens is 1. The molecule has 10 rings (SSSR count). The lowest BCUT2D eigenvalue weighted by Crippen LogP contribution is -2.18. The first-order chi connectivity index (χ1) is 33.3. The molecule has 2 aromatic heterocycles. The summed E-state index contributed by atoms with van der Waals surface area (Å²) in [6.45, 7) is 17.0. The number of allylic oxidation sites excluding steroid dienone is 7. The first kappa shape index (κ1) is 48.6. The molecule has 0 spiro atoms. The average Bonchev–Trinajstić information content (AvgIpc) is 3.77. The van der Waals surface area contributed by atoms with Crippen molar-refractivity contribution >= 4 is 48.6 Å². The number of rotatable bonds is 8. The lowest BCUT2D eigenvalue weighted by atomic mass is 9.89. The molecule has 0 bridgehead atoms. The minimum atomic E-state index is 0.911. The van der Waals surface area contributed by atoms with E-state index >= 15 is 0 Å². The summed E-state index contributed by atoms with van der Waals surface area (Å²) in [5.41, 5.74) is 17.4. The Labute approximate surface area is 410 Å². The van der Waals surface area contributed by atoms with E-state index in [0.29, 0.717) is 0 Å². The third kappa shape index (κ3) is 11.8. The summed E-state index contributed by atoms with van der Waals surface area (Å²) in [6.07, 6.45) is 13.3. The van der Waals surface area contributed by atoms with Crippen LogP contribution in [0.1, 0.15) is 69.7 Å². The number of benzene rings is 7. The van der Waals surface area contributed by atoms with E-state index in [2.05, 4.69) is 222 Å². The maximum Gasteiger partial charge on any atom is 0.138 e. The van der Waals surface area contributed by atoms with Gasteiger partial charge in [0.1, 0.15) is 5.82 Å². The van der Waals surface area contributed by atoms with Crippen LogP contribution in [0.3, 0.4) is 0 Å². The highest BCUT2D eigenvalue weighted by atomic mass is 32.1. The Balaban J connectivity index is 0.000000208. The molecular weight excluding hydrogens is 841 g/mol. The fraction of sp³-hybridized carbons (Fsp3) is 0.154. The molecule has 1 aliphatic carbocycles. The van der Waals surface area contributed by atoms with Gasteiger partial charge in [-0.15, -0.1) is 11.3 Å². The average molecular weight is 905 g/mol. The van der Waals surface area contributed by atoms with Crippen LogP contribution in [0, 0.1) is 20.8 Å². The molecular formula is C65H64N2S. The molecule has 0 unspecified atom stereocenters. The van der Waals surface area contributed by atoms with E-state index < -0.39 is 0 Å². The highest BCUT2D eigenvalue weighted by Crippen LogP contribution is 2.40. The minimum Gasteiger partial charge on any atom is -0.295 e. The number of thiophene rings is 1. The number of pyridine rings is 1. The molecule has 0 amide bonds. The van der Waals surface area contributed by atoms with Crippen molar-refractivity contribution in [2.24, 2.45) is 0 Å². The second kappa shape index (κ2) is 23.9. The van der Waals surface area contributed by atoms with Crippen LogP contribution >= 0.6 is 11.3 Å². The lowest BCUT2D eigenvalue weighted by molar-refractivity contribution is 0.966. The molecule has 3 heteroatoms. The van der Waals surface area contributed by atoms with Crippen molar-refractivity contribution in [3.63, 3.8) is 0 Å². The zero-order chi connectivity index (χ0) is 47.8. The fourth-order valence-electron chi connectivity index (χ4n) is 8.61. The molecule has 0 saturated heterocycles. The van der Waals surface area contributed by atoms with Crippen molar-refractivity contribution in [2.75, 3.05) is 4.90 Å². The predicted molar refractivity (Wildman–Crippen MR) is 300 cm³/mol. The molecule has 9 aromatic rings. The van der Waals surface area contributed by atoms with Crippen molar-refractivity contribution in [2.45, 2.75) is 68.2 Å². The number of hydrogen-bond donors (Lipinski definition) is 0. The van der Waals surface area contributed by atoms with E-state index in [9.17, 15) is 0 Å². The van der Waals surface area contributed by atoms with Gasteiger partial charge in [-0.3, -0.25) is 4.90 Å². The molecule has 340 valence electrons. The topological polar surface area (TPSA) is 16.1 Å². The Morgan fingerprint density at radius 3 is 1.85 bits per heavy atom. The monoisotopic (exact) mass is 904 g/mol. The van der Waals surface area contributed by atoms with Gasteiger partial charge < -0.3 is 0 Å². The van der Waals surface area contributed by atoms with Crippen molar-refractivity contribution in [3.05, 3.63) is 252 Å². The van der Waals surface area contributed by atoms with Gasteiger partial charge in [0, 0.05) is 31.4 Å². The van der Waals surface area contributed by atoms with E-state index in [1.165, 1.54) is 75.8 Å². The second-order valence-electron chi connectivity index (χ2n) is 16.8. The molecule has 0 fully saturated rings. The van der Waals surface area contributed by atoms with Crippen LogP contribution in [0.5, 0.6) is 0 Å². The normalized spacial score (nSPS) is 12.2. The van der Waals surface area contributed by atoms with Crippen molar-refractivity contribution < 1.29 is 0 Å². The molecule has 0 atom stereocenters. The highest BCUT2D eigenvalue weighted by molar-refractivity contribution is 7.25. The standard InChI is InChI=1S/C38H36N2S.C19H16.C6H6.C2H6/c1-6-13-29(7-2)40(35-23-26(4)33(22-27(35)5)30-15-9-8-14-25(30)3)38-19-12-17-34(39-38)28-20-21-32-31-16-10-11-18-36(31)41-37(32)24-28;1-15-7-5-10-17(13-15)19-12-6-11-18(14-19)16-8-3-2-4-9-16;1-2-4-6-5-3-1;1-2/h6-7,9-13,15-24H,8,14H2,1-5H3;2-14H,1H3;1-6H;1-2H3/b13-6-,29-7+;;;. The van der Waals surface area contributed by atoms with E-state index in [0.717, 1.165) is 41.3 Å². The maximum absolute atomic E-state index is 5.26. The van der Waals surface area contributed by atoms with Crippen LogP contribution in [-0.4, -0.2) is 4.98 Å². The molecule has 68 heavy (non-hydrogen) atoms. The zero-order valence-electron chi connectivity index (χ0n) is 41.0. The summed E-state index contributed by atoms with van der Waals surface area (Å²) in [5, 5.41) is 2.63. The Morgan fingerprint density at radius 1 is 0.544 bits per heavy atom. The minimum absolute atomic E-state index is 0.911. The molecule has 0 N–H and O–H groups in total. The van der Waals surface area contributed by atoms with E-state index in [4.69, 9.17) is 4.98 Å². The van der Waals surface area contributed by atoms with Gasteiger partial charge >= 0.3 is 0 Å². The van der Waals surface area contributed by atoms with Crippen molar-refractivity contribution in [3.8, 4) is 33.5 Å². The van der Waals surface area contributed by atoms with Gasteiger partial charge in [-0.1, -0.05) is 195 Å². The predicted octanol–water partition coefficient (Wildman–Crippen LogP) is 19.5. The van der Waals surface area contributed by atoms with Gasteiger partial charge in [-0.05, 0) is 147 Å². The third-order valence-corrected chi connectivity index (χ3v) is 13.2. The summed E-state index contributed by atoms with van der Waals surface area (Å²) in [4.78, 5) is 7.56. The van der Waals surface area contributed by atoms with Gasteiger partial charge in [-0.25, -0.2) is 4.98 Å². The summed E-state index contributed by atoms with van der Waals surface area (Å²) < 4.78 is 2.61. The van der Waals surface area contributed by atoms with Crippen LogP contribution < -0.4 is 4.90 Å². The number of anilines is 2.